The van der Waals surface area contributed by atoms with Crippen molar-refractivity contribution in [2.24, 2.45) is 17.8 Å². The summed E-state index contributed by atoms with van der Waals surface area (Å²) >= 11 is 0. The van der Waals surface area contributed by atoms with Crippen molar-refractivity contribution in [1.82, 2.24) is 31.7 Å². The molecule has 3 saturated heterocycles. The molecule has 0 aromatic heterocycles. The lowest BCUT2D eigenvalue weighted by Crippen LogP contribution is -2.53. The van der Waals surface area contributed by atoms with E-state index in [-0.39, 0.29) is 30.8 Å². The number of hydrazine groups is 1. The summed E-state index contributed by atoms with van der Waals surface area (Å²) in [5, 5.41) is 20.4. The van der Waals surface area contributed by atoms with Crippen LogP contribution < -0.4 is 26.8 Å². The zero-order chi connectivity index (χ0) is 24.0. The number of fused-ring (bicyclic) bond motifs is 1. The maximum atomic E-state index is 13.3. The fourth-order valence-electron chi connectivity index (χ4n) is 7.39. The third kappa shape index (κ3) is 6.37. The van der Waals surface area contributed by atoms with Crippen LogP contribution in [0.3, 0.4) is 0 Å². The van der Waals surface area contributed by atoms with Gasteiger partial charge in [0, 0.05) is 43.6 Å². The van der Waals surface area contributed by atoms with Gasteiger partial charge in [-0.05, 0) is 70.4 Å². The molecule has 3 aliphatic heterocycles. The lowest BCUT2D eigenvalue weighted by atomic mass is 9.78. The first kappa shape index (κ1) is 25.8. The number of hydrogen-bond acceptors (Lipinski definition) is 8. The van der Waals surface area contributed by atoms with Crippen molar-refractivity contribution < 1.29 is 14.6 Å². The van der Waals surface area contributed by atoms with Gasteiger partial charge in [-0.3, -0.25) is 9.69 Å². The lowest BCUT2D eigenvalue weighted by molar-refractivity contribution is -0.130. The lowest BCUT2D eigenvalue weighted by Gasteiger charge is -2.42. The van der Waals surface area contributed by atoms with Crippen LogP contribution in [-0.4, -0.2) is 85.8 Å². The van der Waals surface area contributed by atoms with E-state index in [0.29, 0.717) is 36.6 Å². The van der Waals surface area contributed by atoms with Crippen LogP contribution in [0.4, 0.5) is 0 Å². The van der Waals surface area contributed by atoms with Gasteiger partial charge < -0.3 is 25.8 Å². The van der Waals surface area contributed by atoms with Crippen LogP contribution >= 0.6 is 0 Å². The number of aliphatic hydroxyl groups excluding tert-OH is 1. The Morgan fingerprint density at radius 1 is 1.00 bits per heavy atom. The molecule has 7 atom stereocenters. The summed E-state index contributed by atoms with van der Waals surface area (Å²) in [6.07, 6.45) is 13.1. The third-order valence-corrected chi connectivity index (χ3v) is 9.35. The molecule has 5 fully saturated rings. The SMILES string of the molecule is O=C(N[C@H]1CCOC2CCCCC21)C1CCCC(NCC2NNC(C3CCNCC3)N2CCO)C1. The number of ether oxygens (including phenoxy) is 1. The Kier molecular flexibility index (Phi) is 9.32. The number of nitrogens with zero attached hydrogens (tertiary/aromatic N) is 1. The van der Waals surface area contributed by atoms with E-state index in [2.05, 4.69) is 31.7 Å². The molecule has 35 heavy (non-hydrogen) atoms. The predicted molar refractivity (Wildman–Crippen MR) is 135 cm³/mol. The Morgan fingerprint density at radius 3 is 2.71 bits per heavy atom. The number of β-amino-alcohol motifs (C(OH)–C–C–N with tert-alkyl or cyclic N) is 1. The van der Waals surface area contributed by atoms with Gasteiger partial charge in [0.25, 0.3) is 0 Å². The third-order valence-electron chi connectivity index (χ3n) is 9.35. The molecular formula is C26H48N6O3. The normalized spacial score (nSPS) is 39.3. The molecule has 0 aromatic rings. The number of nitrogens with one attached hydrogen (secondary N) is 5. The fourth-order valence-corrected chi connectivity index (χ4v) is 7.39. The number of carbonyl (C=O) groups is 1. The number of hydrogen-bond donors (Lipinski definition) is 6. The summed E-state index contributed by atoms with van der Waals surface area (Å²) in [6.45, 7) is 4.58. The largest absolute Gasteiger partial charge is 0.395 e. The molecule has 6 unspecified atom stereocenters. The van der Waals surface area contributed by atoms with Crippen molar-refractivity contribution in [2.75, 3.05) is 39.4 Å². The standard InChI is InChI=1S/C26H48N6O3/c33-14-13-32-24(30-31-25(32)18-8-11-27-12-9-18)17-28-20-5-3-4-19(16-20)26(34)29-22-10-15-35-23-7-2-1-6-21(22)23/h18-25,27-28,30-31,33H,1-17H2,(H,29,34)/t19?,20?,21?,22-,23?,24?,25?/m0/s1. The number of carbonyl (C=O) groups excluding carboxylic acids is 1. The van der Waals surface area contributed by atoms with Crippen LogP contribution in [-0.2, 0) is 9.53 Å². The number of amides is 1. The molecule has 2 aliphatic carbocycles. The van der Waals surface area contributed by atoms with Gasteiger partial charge in [0.15, 0.2) is 0 Å². The first-order chi connectivity index (χ1) is 17.2. The Balaban J connectivity index is 1.10. The van der Waals surface area contributed by atoms with Crippen molar-refractivity contribution in [2.45, 2.75) is 101 Å². The summed E-state index contributed by atoms with van der Waals surface area (Å²) in [7, 11) is 0. The fraction of sp³-hybridized carbons (Fsp3) is 0.962. The maximum Gasteiger partial charge on any atom is 0.223 e. The van der Waals surface area contributed by atoms with E-state index in [1.54, 1.807) is 0 Å². The minimum absolute atomic E-state index is 0.108. The van der Waals surface area contributed by atoms with Crippen molar-refractivity contribution in [1.29, 1.82) is 0 Å². The molecule has 0 aromatic carbocycles. The zero-order valence-electron chi connectivity index (χ0n) is 21.4. The molecule has 0 bridgehead atoms. The minimum atomic E-state index is 0.108. The van der Waals surface area contributed by atoms with E-state index in [4.69, 9.17) is 4.74 Å². The van der Waals surface area contributed by atoms with E-state index in [1.807, 2.05) is 0 Å². The highest BCUT2D eigenvalue weighted by atomic mass is 16.5. The van der Waals surface area contributed by atoms with E-state index >= 15 is 0 Å². The Hall–Kier alpha value is -0.810. The molecule has 6 N–H and O–H groups in total. The smallest absolute Gasteiger partial charge is 0.223 e. The maximum absolute atomic E-state index is 13.3. The van der Waals surface area contributed by atoms with Gasteiger partial charge in [-0.15, -0.1) is 0 Å². The van der Waals surface area contributed by atoms with Crippen LogP contribution in [0.15, 0.2) is 0 Å². The second-order valence-electron chi connectivity index (χ2n) is 11.5. The molecule has 9 heteroatoms. The highest BCUT2D eigenvalue weighted by Crippen LogP contribution is 2.34. The van der Waals surface area contributed by atoms with Crippen molar-refractivity contribution >= 4 is 5.91 Å². The zero-order valence-corrected chi connectivity index (χ0v) is 21.4. The highest BCUT2D eigenvalue weighted by molar-refractivity contribution is 5.79. The molecule has 0 radical (unpaired) electrons. The van der Waals surface area contributed by atoms with Crippen LogP contribution in [0.2, 0.25) is 0 Å². The quantitative estimate of drug-likeness (QED) is 0.293. The summed E-state index contributed by atoms with van der Waals surface area (Å²) < 4.78 is 6.01. The summed E-state index contributed by atoms with van der Waals surface area (Å²) in [5.74, 6) is 1.47. The molecule has 9 nitrogen and oxygen atoms in total. The molecule has 200 valence electrons. The topological polar surface area (TPSA) is 110 Å². The molecule has 1 amide bonds. The highest BCUT2D eigenvalue weighted by Gasteiger charge is 2.40. The van der Waals surface area contributed by atoms with Crippen LogP contribution in [0.25, 0.3) is 0 Å². The van der Waals surface area contributed by atoms with E-state index in [0.717, 1.165) is 77.6 Å². The molecule has 2 saturated carbocycles. The van der Waals surface area contributed by atoms with Gasteiger partial charge in [-0.25, -0.2) is 10.9 Å². The molecule has 3 heterocycles. The van der Waals surface area contributed by atoms with E-state index in [9.17, 15) is 9.90 Å². The van der Waals surface area contributed by atoms with Gasteiger partial charge >= 0.3 is 0 Å². The first-order valence-corrected chi connectivity index (χ1v) is 14.5. The molecule has 5 aliphatic rings. The Labute approximate surface area is 210 Å². The van der Waals surface area contributed by atoms with E-state index < -0.39 is 0 Å². The monoisotopic (exact) mass is 492 g/mol. The van der Waals surface area contributed by atoms with E-state index in [1.165, 1.54) is 19.3 Å². The van der Waals surface area contributed by atoms with Crippen LogP contribution in [0.5, 0.6) is 0 Å². The predicted octanol–water partition coefficient (Wildman–Crippen LogP) is 0.653. The van der Waals surface area contributed by atoms with Crippen LogP contribution in [0.1, 0.15) is 70.6 Å². The first-order valence-electron chi connectivity index (χ1n) is 14.5. The second-order valence-corrected chi connectivity index (χ2v) is 11.5. The summed E-state index contributed by atoms with van der Waals surface area (Å²) in [6, 6.07) is 0.662. The number of rotatable bonds is 8. The molecule has 5 rings (SSSR count). The van der Waals surface area contributed by atoms with Gasteiger partial charge in [-0.1, -0.05) is 19.3 Å². The number of aliphatic hydroxyl groups is 1. The van der Waals surface area contributed by atoms with Crippen LogP contribution in [0, 0.1) is 17.8 Å². The van der Waals surface area contributed by atoms with Crippen molar-refractivity contribution in [3.63, 3.8) is 0 Å². The van der Waals surface area contributed by atoms with Gasteiger partial charge in [0.2, 0.25) is 5.91 Å². The van der Waals surface area contributed by atoms with Crippen molar-refractivity contribution in [3.05, 3.63) is 0 Å². The molecular weight excluding hydrogens is 444 g/mol. The summed E-state index contributed by atoms with van der Waals surface area (Å²) in [4.78, 5) is 15.6. The molecule has 0 spiro atoms. The van der Waals surface area contributed by atoms with Gasteiger partial charge in [0.1, 0.15) is 0 Å². The van der Waals surface area contributed by atoms with Crippen molar-refractivity contribution in [3.8, 4) is 0 Å². The Bertz CT molecular complexity index is 675. The van der Waals surface area contributed by atoms with Gasteiger partial charge in [-0.2, -0.15) is 0 Å². The van der Waals surface area contributed by atoms with Gasteiger partial charge in [0.05, 0.1) is 25.0 Å². The minimum Gasteiger partial charge on any atom is -0.395 e. The average Bonchev–Trinajstić information content (AvgIpc) is 3.31. The second kappa shape index (κ2) is 12.6. The average molecular weight is 493 g/mol. The Morgan fingerprint density at radius 2 is 1.86 bits per heavy atom. The number of piperidine rings is 1. The summed E-state index contributed by atoms with van der Waals surface area (Å²) in [5.41, 5.74) is 7.00.